The van der Waals surface area contributed by atoms with Crippen LogP contribution in [0.2, 0.25) is 0 Å². The molecular weight excluding hydrogens is 246 g/mol. The van der Waals surface area contributed by atoms with Crippen LogP contribution >= 0.6 is 0 Å². The number of hydrogen-bond donors (Lipinski definition) is 1. The summed E-state index contributed by atoms with van der Waals surface area (Å²) in [6.45, 7) is 4.66. The summed E-state index contributed by atoms with van der Waals surface area (Å²) in [5.41, 5.74) is 1.30. The Kier molecular flexibility index (Phi) is 6.36. The van der Waals surface area contributed by atoms with Crippen LogP contribution in [0.5, 0.6) is 0 Å². The molecule has 0 heterocycles. The minimum absolute atomic E-state index is 0.0110. The summed E-state index contributed by atoms with van der Waals surface area (Å²) in [4.78, 5) is 0. The van der Waals surface area contributed by atoms with E-state index in [1.54, 1.807) is 0 Å². The Balaban J connectivity index is 2.88. The molecule has 18 heavy (non-hydrogen) atoms. The highest BCUT2D eigenvalue weighted by molar-refractivity contribution is 7.91. The lowest BCUT2D eigenvalue weighted by Gasteiger charge is -2.27. The van der Waals surface area contributed by atoms with Gasteiger partial charge in [0.05, 0.1) is 5.25 Å². The molecule has 2 atom stereocenters. The first-order valence-electron chi connectivity index (χ1n) is 7.08. The first-order valence-corrected chi connectivity index (χ1v) is 9.03. The molecule has 0 aromatic heterocycles. The van der Waals surface area contributed by atoms with E-state index in [9.17, 15) is 8.42 Å². The van der Waals surface area contributed by atoms with Crippen molar-refractivity contribution in [3.8, 4) is 0 Å². The summed E-state index contributed by atoms with van der Waals surface area (Å²) < 4.78 is 23.6. The number of nitrogens with one attached hydrogen (secondary N) is 1. The van der Waals surface area contributed by atoms with Gasteiger partial charge in [0.25, 0.3) is 0 Å². The second-order valence-corrected chi connectivity index (χ2v) is 7.70. The van der Waals surface area contributed by atoms with Gasteiger partial charge in [0.1, 0.15) is 0 Å². The summed E-state index contributed by atoms with van der Waals surface area (Å²) in [6, 6.07) is -0.0110. The second kappa shape index (κ2) is 7.29. The Morgan fingerprint density at radius 1 is 1.28 bits per heavy atom. The monoisotopic (exact) mass is 273 g/mol. The summed E-state index contributed by atoms with van der Waals surface area (Å²) in [6.07, 6.45) is 10.7. The highest BCUT2D eigenvalue weighted by atomic mass is 32.2. The SMILES string of the molecule is CCNC(C1=CCCCCCC1)C(C)S(C)(=O)=O. The molecule has 0 aromatic carbocycles. The smallest absolute Gasteiger partial charge is 0.151 e. The molecule has 1 rings (SSSR count). The Hall–Kier alpha value is -0.350. The van der Waals surface area contributed by atoms with Crippen molar-refractivity contribution >= 4 is 9.84 Å². The zero-order valence-corrected chi connectivity index (χ0v) is 12.7. The zero-order chi connectivity index (χ0) is 13.6. The quantitative estimate of drug-likeness (QED) is 0.783. The van der Waals surface area contributed by atoms with Gasteiger partial charge in [-0.3, -0.25) is 0 Å². The standard InChI is InChI=1S/C14H27NO2S/c1-4-15-14(12(2)18(3,16)17)13-10-8-6-5-7-9-11-13/h10,12,14-15H,4-9,11H2,1-3H3. The van der Waals surface area contributed by atoms with Gasteiger partial charge < -0.3 is 5.32 Å². The molecule has 1 aliphatic rings. The molecule has 0 fully saturated rings. The fraction of sp³-hybridized carbons (Fsp3) is 0.857. The highest BCUT2D eigenvalue weighted by Crippen LogP contribution is 2.23. The molecule has 1 aliphatic carbocycles. The summed E-state index contributed by atoms with van der Waals surface area (Å²) in [5.74, 6) is 0. The van der Waals surface area contributed by atoms with Crippen LogP contribution < -0.4 is 5.32 Å². The van der Waals surface area contributed by atoms with Crippen molar-refractivity contribution in [2.24, 2.45) is 0 Å². The maximum Gasteiger partial charge on any atom is 0.151 e. The van der Waals surface area contributed by atoms with E-state index in [1.807, 2.05) is 13.8 Å². The topological polar surface area (TPSA) is 46.2 Å². The van der Waals surface area contributed by atoms with Gasteiger partial charge in [0, 0.05) is 12.3 Å². The predicted molar refractivity (Wildman–Crippen MR) is 77.6 cm³/mol. The van der Waals surface area contributed by atoms with E-state index in [4.69, 9.17) is 0 Å². The van der Waals surface area contributed by atoms with Crippen molar-refractivity contribution in [1.82, 2.24) is 5.32 Å². The molecule has 0 saturated carbocycles. The van der Waals surface area contributed by atoms with Gasteiger partial charge in [0.15, 0.2) is 9.84 Å². The van der Waals surface area contributed by atoms with Crippen LogP contribution in [-0.4, -0.2) is 32.5 Å². The fourth-order valence-electron chi connectivity index (χ4n) is 2.56. The third kappa shape index (κ3) is 4.73. The molecule has 0 radical (unpaired) electrons. The Labute approximate surface area is 112 Å². The van der Waals surface area contributed by atoms with Crippen molar-refractivity contribution in [3.63, 3.8) is 0 Å². The first kappa shape index (κ1) is 15.7. The number of allylic oxidation sites excluding steroid dienone is 1. The van der Waals surface area contributed by atoms with E-state index in [-0.39, 0.29) is 11.3 Å². The average Bonchev–Trinajstić information content (AvgIpc) is 2.24. The van der Waals surface area contributed by atoms with Gasteiger partial charge >= 0.3 is 0 Å². The van der Waals surface area contributed by atoms with Gasteiger partial charge in [0.2, 0.25) is 0 Å². The van der Waals surface area contributed by atoms with Gasteiger partial charge in [-0.15, -0.1) is 0 Å². The highest BCUT2D eigenvalue weighted by Gasteiger charge is 2.27. The lowest BCUT2D eigenvalue weighted by molar-refractivity contribution is 0.511. The molecule has 0 bridgehead atoms. The number of likely N-dealkylation sites (N-methyl/N-ethyl adjacent to an activating group) is 1. The molecule has 3 nitrogen and oxygen atoms in total. The van der Waals surface area contributed by atoms with E-state index in [1.165, 1.54) is 37.5 Å². The van der Waals surface area contributed by atoms with E-state index < -0.39 is 9.84 Å². The minimum Gasteiger partial charge on any atom is -0.309 e. The third-order valence-electron chi connectivity index (χ3n) is 3.79. The molecular formula is C14H27NO2S. The predicted octanol–water partition coefficient (Wildman–Crippen LogP) is 2.68. The lowest BCUT2D eigenvalue weighted by Crippen LogP contribution is -2.43. The molecule has 0 saturated heterocycles. The van der Waals surface area contributed by atoms with Gasteiger partial charge in [-0.2, -0.15) is 0 Å². The van der Waals surface area contributed by atoms with Crippen LogP contribution in [0.25, 0.3) is 0 Å². The fourth-order valence-corrected chi connectivity index (χ4v) is 3.33. The second-order valence-electron chi connectivity index (χ2n) is 5.30. The summed E-state index contributed by atoms with van der Waals surface area (Å²) in [5, 5.41) is 3.02. The Bertz CT molecular complexity index is 373. The number of rotatable bonds is 5. The van der Waals surface area contributed by atoms with E-state index >= 15 is 0 Å². The van der Waals surface area contributed by atoms with Crippen molar-refractivity contribution in [3.05, 3.63) is 11.6 Å². The molecule has 1 N–H and O–H groups in total. The third-order valence-corrected chi connectivity index (χ3v) is 5.42. The molecule has 0 aromatic rings. The van der Waals surface area contributed by atoms with Crippen LogP contribution in [0.3, 0.4) is 0 Å². The molecule has 0 amide bonds. The molecule has 0 spiro atoms. The van der Waals surface area contributed by atoms with Crippen LogP contribution in [-0.2, 0) is 9.84 Å². The first-order chi connectivity index (χ1) is 8.46. The maximum atomic E-state index is 11.8. The van der Waals surface area contributed by atoms with Crippen molar-refractivity contribution in [1.29, 1.82) is 0 Å². The van der Waals surface area contributed by atoms with Gasteiger partial charge in [-0.05, 0) is 39.2 Å². The number of hydrogen-bond acceptors (Lipinski definition) is 3. The van der Waals surface area contributed by atoms with E-state index in [2.05, 4.69) is 11.4 Å². The molecule has 2 unspecified atom stereocenters. The van der Waals surface area contributed by atoms with Crippen molar-refractivity contribution < 1.29 is 8.42 Å². The van der Waals surface area contributed by atoms with Gasteiger partial charge in [-0.25, -0.2) is 8.42 Å². The Morgan fingerprint density at radius 3 is 2.56 bits per heavy atom. The van der Waals surface area contributed by atoms with Crippen LogP contribution in [0.1, 0.15) is 52.4 Å². The Morgan fingerprint density at radius 2 is 1.94 bits per heavy atom. The molecule has 4 heteroatoms. The van der Waals surface area contributed by atoms with E-state index in [0.717, 1.165) is 19.4 Å². The maximum absolute atomic E-state index is 11.8. The normalized spacial score (nSPS) is 21.6. The summed E-state index contributed by atoms with van der Waals surface area (Å²) in [7, 11) is -3.00. The molecule has 0 aliphatic heterocycles. The van der Waals surface area contributed by atoms with Crippen molar-refractivity contribution in [2.75, 3.05) is 12.8 Å². The lowest BCUT2D eigenvalue weighted by atomic mass is 9.93. The van der Waals surface area contributed by atoms with Crippen LogP contribution in [0, 0.1) is 0 Å². The summed E-state index contributed by atoms with van der Waals surface area (Å²) >= 11 is 0. The largest absolute Gasteiger partial charge is 0.309 e. The van der Waals surface area contributed by atoms with Crippen LogP contribution in [0.4, 0.5) is 0 Å². The van der Waals surface area contributed by atoms with Gasteiger partial charge in [-0.1, -0.05) is 31.4 Å². The van der Waals surface area contributed by atoms with Crippen LogP contribution in [0.15, 0.2) is 11.6 Å². The number of sulfone groups is 1. The zero-order valence-electron chi connectivity index (χ0n) is 11.9. The van der Waals surface area contributed by atoms with E-state index in [0.29, 0.717) is 0 Å². The average molecular weight is 273 g/mol. The minimum atomic E-state index is -3.00. The van der Waals surface area contributed by atoms with Crippen molar-refractivity contribution in [2.45, 2.75) is 63.7 Å². The molecule has 106 valence electrons.